The van der Waals surface area contributed by atoms with Crippen molar-refractivity contribution in [3.8, 4) is 0 Å². The fraction of sp³-hybridized carbons (Fsp3) is 0.500. The minimum atomic E-state index is -0.462. The van der Waals surface area contributed by atoms with E-state index >= 15 is 0 Å². The second kappa shape index (κ2) is 5.14. The summed E-state index contributed by atoms with van der Waals surface area (Å²) >= 11 is 0. The molecule has 0 aromatic heterocycles. The van der Waals surface area contributed by atoms with Crippen molar-refractivity contribution in [2.24, 2.45) is 0 Å². The summed E-state index contributed by atoms with van der Waals surface area (Å²) in [5, 5.41) is 12.7. The molecule has 15 heavy (non-hydrogen) atoms. The largest absolute Gasteiger partial charge is 0.394 e. The lowest BCUT2D eigenvalue weighted by atomic mass is 9.96. The number of rotatable bonds is 5. The smallest absolute Gasteiger partial charge is 0.0834 e. The first kappa shape index (κ1) is 12.0. The molecule has 0 spiro atoms. The summed E-state index contributed by atoms with van der Waals surface area (Å²) in [5.74, 6) is 0. The van der Waals surface area contributed by atoms with Gasteiger partial charge in [-0.05, 0) is 26.0 Å². The normalized spacial score (nSPS) is 16.8. The Balaban J connectivity index is 2.77. The molecule has 0 heterocycles. The van der Waals surface area contributed by atoms with E-state index in [1.807, 2.05) is 44.2 Å². The Hall–Kier alpha value is -1.06. The minimum Gasteiger partial charge on any atom is -0.394 e. The van der Waals surface area contributed by atoms with Crippen LogP contribution in [0, 0.1) is 0 Å². The van der Waals surface area contributed by atoms with E-state index < -0.39 is 5.54 Å². The van der Waals surface area contributed by atoms with Crippen molar-refractivity contribution in [1.29, 1.82) is 0 Å². The van der Waals surface area contributed by atoms with Crippen molar-refractivity contribution < 1.29 is 9.84 Å². The number of nitrogens with one attached hydrogen (secondary N) is 1. The maximum Gasteiger partial charge on any atom is 0.0834 e. The third-order valence-electron chi connectivity index (χ3n) is 2.78. The molecule has 0 aliphatic heterocycles. The van der Waals surface area contributed by atoms with E-state index in [0.717, 1.165) is 5.69 Å². The molecular weight excluding hydrogens is 190 g/mol. The van der Waals surface area contributed by atoms with Gasteiger partial charge in [-0.1, -0.05) is 18.2 Å². The van der Waals surface area contributed by atoms with E-state index in [9.17, 15) is 5.11 Å². The molecule has 84 valence electrons. The monoisotopic (exact) mass is 209 g/mol. The van der Waals surface area contributed by atoms with Gasteiger partial charge in [-0.15, -0.1) is 0 Å². The van der Waals surface area contributed by atoms with Gasteiger partial charge in [0.05, 0.1) is 18.2 Å². The van der Waals surface area contributed by atoms with Gasteiger partial charge in [-0.3, -0.25) is 0 Å². The van der Waals surface area contributed by atoms with E-state index in [-0.39, 0.29) is 12.7 Å². The zero-order valence-corrected chi connectivity index (χ0v) is 9.53. The first-order valence-electron chi connectivity index (χ1n) is 5.09. The van der Waals surface area contributed by atoms with Crippen LogP contribution in [0.4, 0.5) is 5.69 Å². The highest BCUT2D eigenvalue weighted by molar-refractivity contribution is 5.45. The van der Waals surface area contributed by atoms with Crippen molar-refractivity contribution in [3.63, 3.8) is 0 Å². The van der Waals surface area contributed by atoms with Crippen LogP contribution in [0.15, 0.2) is 30.3 Å². The summed E-state index contributed by atoms with van der Waals surface area (Å²) in [4.78, 5) is 0. The standard InChI is InChI=1S/C12H19NO2/c1-10(15-3)12(2,9-14)13-11-7-5-4-6-8-11/h4-8,10,13-14H,9H2,1-3H3. The highest BCUT2D eigenvalue weighted by Gasteiger charge is 2.30. The number of hydrogen-bond acceptors (Lipinski definition) is 3. The van der Waals surface area contributed by atoms with Crippen molar-refractivity contribution >= 4 is 5.69 Å². The van der Waals surface area contributed by atoms with Crippen molar-refractivity contribution in [3.05, 3.63) is 30.3 Å². The van der Waals surface area contributed by atoms with Crippen LogP contribution in [-0.2, 0) is 4.74 Å². The van der Waals surface area contributed by atoms with Gasteiger partial charge >= 0.3 is 0 Å². The molecule has 3 heteroatoms. The summed E-state index contributed by atoms with van der Waals surface area (Å²) in [6.07, 6.45) is -0.0669. The molecule has 0 saturated heterocycles. The Morgan fingerprint density at radius 3 is 2.47 bits per heavy atom. The molecule has 0 saturated carbocycles. The van der Waals surface area contributed by atoms with E-state index in [0.29, 0.717) is 0 Å². The summed E-state index contributed by atoms with van der Waals surface area (Å²) in [7, 11) is 1.64. The van der Waals surface area contributed by atoms with Crippen LogP contribution in [0.1, 0.15) is 13.8 Å². The SMILES string of the molecule is COC(C)C(C)(CO)Nc1ccccc1. The van der Waals surface area contributed by atoms with Gasteiger partial charge in [0.25, 0.3) is 0 Å². The molecule has 0 aliphatic rings. The number of ether oxygens (including phenoxy) is 1. The fourth-order valence-electron chi connectivity index (χ4n) is 1.38. The quantitative estimate of drug-likeness (QED) is 0.778. The van der Waals surface area contributed by atoms with Crippen molar-refractivity contribution in [1.82, 2.24) is 0 Å². The van der Waals surface area contributed by atoms with E-state index in [1.165, 1.54) is 0 Å². The van der Waals surface area contributed by atoms with Gasteiger partial charge < -0.3 is 15.2 Å². The van der Waals surface area contributed by atoms with E-state index in [2.05, 4.69) is 5.32 Å². The molecule has 0 bridgehead atoms. The summed E-state index contributed by atoms with van der Waals surface area (Å²) < 4.78 is 5.26. The molecule has 1 rings (SSSR count). The molecule has 2 N–H and O–H groups in total. The molecule has 0 amide bonds. The van der Waals surface area contributed by atoms with Crippen LogP contribution in [-0.4, -0.2) is 30.5 Å². The molecule has 0 fully saturated rings. The second-order valence-electron chi connectivity index (χ2n) is 3.94. The van der Waals surface area contributed by atoms with Crippen molar-refractivity contribution in [2.75, 3.05) is 19.0 Å². The average molecular weight is 209 g/mol. The molecular formula is C12H19NO2. The highest BCUT2D eigenvalue weighted by atomic mass is 16.5. The number of anilines is 1. The number of aliphatic hydroxyl groups is 1. The lowest BCUT2D eigenvalue weighted by molar-refractivity contribution is 0.0380. The lowest BCUT2D eigenvalue weighted by Crippen LogP contribution is -2.49. The number of benzene rings is 1. The Kier molecular flexibility index (Phi) is 4.12. The molecule has 2 atom stereocenters. The first-order valence-corrected chi connectivity index (χ1v) is 5.09. The van der Waals surface area contributed by atoms with Gasteiger partial charge in [-0.2, -0.15) is 0 Å². The second-order valence-corrected chi connectivity index (χ2v) is 3.94. The van der Waals surface area contributed by atoms with Crippen LogP contribution < -0.4 is 5.32 Å². The van der Waals surface area contributed by atoms with Crippen LogP contribution >= 0.6 is 0 Å². The van der Waals surface area contributed by atoms with Crippen LogP contribution in [0.3, 0.4) is 0 Å². The zero-order chi connectivity index (χ0) is 11.3. The van der Waals surface area contributed by atoms with Crippen molar-refractivity contribution in [2.45, 2.75) is 25.5 Å². The number of hydrogen-bond donors (Lipinski definition) is 2. The van der Waals surface area contributed by atoms with Gasteiger partial charge in [0, 0.05) is 12.8 Å². The molecule has 1 aromatic carbocycles. The van der Waals surface area contributed by atoms with Gasteiger partial charge in [0.1, 0.15) is 0 Å². The Morgan fingerprint density at radius 2 is 2.00 bits per heavy atom. The maximum atomic E-state index is 9.41. The van der Waals surface area contributed by atoms with Crippen LogP contribution in [0.2, 0.25) is 0 Å². The Bertz CT molecular complexity index is 289. The number of para-hydroxylation sites is 1. The predicted molar refractivity (Wildman–Crippen MR) is 62.0 cm³/mol. The minimum absolute atomic E-state index is 0.0247. The van der Waals surface area contributed by atoms with E-state index in [4.69, 9.17) is 4.74 Å². The van der Waals surface area contributed by atoms with Gasteiger partial charge in [0.2, 0.25) is 0 Å². The highest BCUT2D eigenvalue weighted by Crippen LogP contribution is 2.19. The molecule has 3 nitrogen and oxygen atoms in total. The molecule has 2 unspecified atom stereocenters. The number of aliphatic hydroxyl groups excluding tert-OH is 1. The Morgan fingerprint density at radius 1 is 1.40 bits per heavy atom. The van der Waals surface area contributed by atoms with Gasteiger partial charge in [-0.25, -0.2) is 0 Å². The summed E-state index contributed by atoms with van der Waals surface area (Å²) in [5.41, 5.74) is 0.522. The third-order valence-corrected chi connectivity index (χ3v) is 2.78. The average Bonchev–Trinajstić information content (AvgIpc) is 2.29. The Labute approximate surface area is 91.1 Å². The third kappa shape index (κ3) is 2.94. The summed E-state index contributed by atoms with van der Waals surface area (Å²) in [6, 6.07) is 9.81. The van der Waals surface area contributed by atoms with E-state index in [1.54, 1.807) is 7.11 Å². The lowest BCUT2D eigenvalue weighted by Gasteiger charge is -2.34. The maximum absolute atomic E-state index is 9.41. The molecule has 0 radical (unpaired) electrons. The number of methoxy groups -OCH3 is 1. The van der Waals surface area contributed by atoms with Crippen LogP contribution in [0.25, 0.3) is 0 Å². The molecule has 0 aliphatic carbocycles. The first-order chi connectivity index (χ1) is 7.12. The summed E-state index contributed by atoms with van der Waals surface area (Å²) in [6.45, 7) is 3.90. The van der Waals surface area contributed by atoms with Gasteiger partial charge in [0.15, 0.2) is 0 Å². The predicted octanol–water partition coefficient (Wildman–Crippen LogP) is 1.88. The zero-order valence-electron chi connectivity index (χ0n) is 9.53. The van der Waals surface area contributed by atoms with Crippen LogP contribution in [0.5, 0.6) is 0 Å². The fourth-order valence-corrected chi connectivity index (χ4v) is 1.38. The topological polar surface area (TPSA) is 41.5 Å². The molecule has 1 aromatic rings.